The quantitative estimate of drug-likeness (QED) is 0.786. The molecule has 2 aromatic heterocycles. The predicted octanol–water partition coefficient (Wildman–Crippen LogP) is 1.75. The molecule has 3 rings (SSSR count). The van der Waals surface area contributed by atoms with Crippen molar-refractivity contribution >= 4 is 29.3 Å². The number of carbonyl (C=O) groups excluding carboxylic acids is 2. The first-order chi connectivity index (χ1) is 10.1. The van der Waals surface area contributed by atoms with E-state index >= 15 is 0 Å². The number of pyridine rings is 1. The van der Waals surface area contributed by atoms with Gasteiger partial charge in [-0.1, -0.05) is 11.6 Å². The van der Waals surface area contributed by atoms with E-state index in [2.05, 4.69) is 15.0 Å². The number of ether oxygens (including phenoxy) is 1. The summed E-state index contributed by atoms with van der Waals surface area (Å²) in [6.45, 7) is 1.26. The van der Waals surface area contributed by atoms with Crippen LogP contribution in [-0.2, 0) is 9.53 Å². The van der Waals surface area contributed by atoms with Crippen LogP contribution in [0.1, 0.15) is 29.3 Å². The minimum atomic E-state index is -0.979. The molecule has 0 spiro atoms. The van der Waals surface area contributed by atoms with Crippen LogP contribution in [0.25, 0.3) is 0 Å². The summed E-state index contributed by atoms with van der Waals surface area (Å²) in [5, 5.41) is 0.434. The van der Waals surface area contributed by atoms with Gasteiger partial charge in [0, 0.05) is 25.5 Å². The van der Waals surface area contributed by atoms with Crippen molar-refractivity contribution in [1.82, 2.24) is 15.0 Å². The number of nitrogens with zero attached hydrogens (tertiary/aromatic N) is 4. The highest BCUT2D eigenvalue weighted by Gasteiger charge is 2.43. The molecular formula is C13H9ClN4O3. The first kappa shape index (κ1) is 13.4. The average Bonchev–Trinajstić information content (AvgIpc) is 2.73. The van der Waals surface area contributed by atoms with Crippen molar-refractivity contribution in [1.29, 1.82) is 0 Å². The maximum atomic E-state index is 12.4. The summed E-state index contributed by atoms with van der Waals surface area (Å²) in [5.74, 6) is -0.667. The van der Waals surface area contributed by atoms with Crippen molar-refractivity contribution < 1.29 is 14.3 Å². The first-order valence-electron chi connectivity index (χ1n) is 6.01. The summed E-state index contributed by atoms with van der Waals surface area (Å²) < 4.78 is 5.20. The van der Waals surface area contributed by atoms with Gasteiger partial charge in [0.15, 0.2) is 5.69 Å². The second-order valence-corrected chi connectivity index (χ2v) is 4.70. The van der Waals surface area contributed by atoms with E-state index in [4.69, 9.17) is 16.3 Å². The van der Waals surface area contributed by atoms with Crippen LogP contribution in [0.4, 0.5) is 5.82 Å². The zero-order chi connectivity index (χ0) is 15.0. The number of hydrogen-bond donors (Lipinski definition) is 0. The summed E-state index contributed by atoms with van der Waals surface area (Å²) in [7, 11) is 0. The van der Waals surface area contributed by atoms with Crippen molar-refractivity contribution in [3.63, 3.8) is 0 Å². The van der Waals surface area contributed by atoms with E-state index in [1.807, 2.05) is 0 Å². The van der Waals surface area contributed by atoms with Gasteiger partial charge in [-0.05, 0) is 12.1 Å². The van der Waals surface area contributed by atoms with Crippen molar-refractivity contribution in [2.45, 2.75) is 13.2 Å². The van der Waals surface area contributed by atoms with Gasteiger partial charge in [-0.3, -0.25) is 14.6 Å². The minimum Gasteiger partial charge on any atom is -0.435 e. The van der Waals surface area contributed by atoms with E-state index < -0.39 is 18.1 Å². The van der Waals surface area contributed by atoms with E-state index in [9.17, 15) is 9.59 Å². The van der Waals surface area contributed by atoms with Gasteiger partial charge in [0.1, 0.15) is 11.5 Å². The van der Waals surface area contributed by atoms with E-state index in [0.717, 1.165) is 0 Å². The minimum absolute atomic E-state index is 0.139. The van der Waals surface area contributed by atoms with Gasteiger partial charge in [-0.15, -0.1) is 0 Å². The lowest BCUT2D eigenvalue weighted by molar-refractivity contribution is -0.146. The summed E-state index contributed by atoms with van der Waals surface area (Å²) in [5.41, 5.74) is 0.426. The Morgan fingerprint density at radius 2 is 2.05 bits per heavy atom. The van der Waals surface area contributed by atoms with Crippen molar-refractivity contribution in [2.24, 2.45) is 0 Å². The lowest BCUT2D eigenvalue weighted by Gasteiger charge is -2.22. The molecule has 2 aromatic rings. The summed E-state index contributed by atoms with van der Waals surface area (Å²) in [4.78, 5) is 37.1. The van der Waals surface area contributed by atoms with Gasteiger partial charge in [-0.2, -0.15) is 0 Å². The average molecular weight is 305 g/mol. The fraction of sp³-hybridized carbons (Fsp3) is 0.154. The summed E-state index contributed by atoms with van der Waals surface area (Å²) in [6, 6.07) is 3.15. The number of carbonyl (C=O) groups is 2. The fourth-order valence-corrected chi connectivity index (χ4v) is 2.15. The Hall–Kier alpha value is -2.54. The van der Waals surface area contributed by atoms with Crippen LogP contribution in [-0.4, -0.2) is 26.8 Å². The van der Waals surface area contributed by atoms with Crippen LogP contribution in [0.15, 0.2) is 30.7 Å². The zero-order valence-corrected chi connectivity index (χ0v) is 11.6. The smallest absolute Gasteiger partial charge is 0.304 e. The number of halogens is 1. The standard InChI is InChI=1S/C13H9ClN4O3/c1-7(19)21-13-11-10(15-4-5-16-11)12(20)18(13)9-3-2-8(14)6-17-9/h2-6,13H,1H3/t13-/m0/s1. The molecule has 1 amide bonds. The van der Waals surface area contributed by atoms with Crippen LogP contribution in [0.3, 0.4) is 0 Å². The molecule has 106 valence electrons. The molecule has 0 aromatic carbocycles. The molecule has 1 aliphatic rings. The van der Waals surface area contributed by atoms with Crippen molar-refractivity contribution in [2.75, 3.05) is 4.90 Å². The molecule has 0 aliphatic carbocycles. The number of amides is 1. The molecule has 0 bridgehead atoms. The predicted molar refractivity (Wildman–Crippen MR) is 72.6 cm³/mol. The Balaban J connectivity index is 2.08. The van der Waals surface area contributed by atoms with Gasteiger partial charge in [0.05, 0.1) is 5.02 Å². The maximum absolute atomic E-state index is 12.4. The maximum Gasteiger partial charge on any atom is 0.304 e. The number of hydrogen-bond acceptors (Lipinski definition) is 6. The van der Waals surface area contributed by atoms with E-state index in [1.165, 1.54) is 30.4 Å². The monoisotopic (exact) mass is 304 g/mol. The number of anilines is 1. The third-order valence-corrected chi connectivity index (χ3v) is 3.08. The molecule has 0 saturated heterocycles. The van der Waals surface area contributed by atoms with Crippen molar-refractivity contribution in [3.05, 3.63) is 47.1 Å². The van der Waals surface area contributed by atoms with Crippen molar-refractivity contribution in [3.8, 4) is 0 Å². The number of esters is 1. The van der Waals surface area contributed by atoms with E-state index in [-0.39, 0.29) is 11.4 Å². The van der Waals surface area contributed by atoms with Gasteiger partial charge in [0.25, 0.3) is 5.91 Å². The van der Waals surface area contributed by atoms with Gasteiger partial charge in [-0.25, -0.2) is 14.9 Å². The van der Waals surface area contributed by atoms with E-state index in [0.29, 0.717) is 10.8 Å². The molecule has 21 heavy (non-hydrogen) atoms. The molecule has 3 heterocycles. The van der Waals surface area contributed by atoms with E-state index in [1.54, 1.807) is 12.1 Å². The lowest BCUT2D eigenvalue weighted by atomic mass is 10.3. The Morgan fingerprint density at radius 3 is 2.71 bits per heavy atom. The molecule has 1 atom stereocenters. The highest BCUT2D eigenvalue weighted by molar-refractivity contribution is 6.30. The molecule has 0 fully saturated rings. The molecule has 0 N–H and O–H groups in total. The topological polar surface area (TPSA) is 85.3 Å². The highest BCUT2D eigenvalue weighted by Crippen LogP contribution is 2.35. The molecular weight excluding hydrogens is 296 g/mol. The molecule has 0 radical (unpaired) electrons. The number of rotatable bonds is 2. The molecule has 8 heteroatoms. The second-order valence-electron chi connectivity index (χ2n) is 4.26. The van der Waals surface area contributed by atoms with Crippen LogP contribution in [0.2, 0.25) is 5.02 Å². The van der Waals surface area contributed by atoms with Crippen LogP contribution < -0.4 is 4.90 Å². The SMILES string of the molecule is CC(=O)O[C@H]1c2nccnc2C(=O)N1c1ccc(Cl)cn1. The Morgan fingerprint density at radius 1 is 1.29 bits per heavy atom. The Kier molecular flexibility index (Phi) is 3.26. The second kappa shape index (κ2) is 5.10. The normalized spacial score (nSPS) is 16.8. The largest absolute Gasteiger partial charge is 0.435 e. The van der Waals surface area contributed by atoms with Crippen LogP contribution in [0, 0.1) is 0 Å². The van der Waals surface area contributed by atoms with Gasteiger partial charge in [0.2, 0.25) is 6.23 Å². The fourth-order valence-electron chi connectivity index (χ4n) is 2.04. The number of aromatic nitrogens is 3. The molecule has 7 nitrogen and oxygen atoms in total. The highest BCUT2D eigenvalue weighted by atomic mass is 35.5. The zero-order valence-electron chi connectivity index (χ0n) is 10.9. The molecule has 1 aliphatic heterocycles. The molecule has 0 saturated carbocycles. The third-order valence-electron chi connectivity index (χ3n) is 2.85. The van der Waals surface area contributed by atoms with Gasteiger partial charge < -0.3 is 4.74 Å². The third kappa shape index (κ3) is 2.31. The first-order valence-corrected chi connectivity index (χ1v) is 6.39. The Labute approximate surface area is 124 Å². The molecule has 0 unspecified atom stereocenters. The summed E-state index contributed by atoms with van der Waals surface area (Å²) in [6.07, 6.45) is 3.26. The number of fused-ring (bicyclic) bond motifs is 1. The Bertz CT molecular complexity index is 720. The van der Waals surface area contributed by atoms with Crippen LogP contribution in [0.5, 0.6) is 0 Å². The van der Waals surface area contributed by atoms with Crippen LogP contribution >= 0.6 is 11.6 Å². The lowest BCUT2D eigenvalue weighted by Crippen LogP contribution is -2.31. The summed E-state index contributed by atoms with van der Waals surface area (Å²) >= 11 is 5.79. The van der Waals surface area contributed by atoms with Gasteiger partial charge >= 0.3 is 5.97 Å².